The third kappa shape index (κ3) is 2.72. The van der Waals surface area contributed by atoms with Gasteiger partial charge < -0.3 is 0 Å². The quantitative estimate of drug-likeness (QED) is 0.765. The van der Waals surface area contributed by atoms with Crippen LogP contribution in [0.3, 0.4) is 0 Å². The Morgan fingerprint density at radius 3 is 2.44 bits per heavy atom. The van der Waals surface area contributed by atoms with Crippen LogP contribution in [0.15, 0.2) is 30.3 Å². The van der Waals surface area contributed by atoms with Crippen LogP contribution in [-0.2, 0) is 9.63 Å². The van der Waals surface area contributed by atoms with Crippen molar-refractivity contribution in [3.05, 3.63) is 35.9 Å². The Hall–Kier alpha value is -1.35. The third-order valence-corrected chi connectivity index (χ3v) is 3.88. The first kappa shape index (κ1) is 13.1. The Bertz CT molecular complexity index is 385. The number of nitrogens with zero attached hydrogens (tertiary/aromatic N) is 1. The molecule has 1 aliphatic rings. The van der Waals surface area contributed by atoms with Crippen LogP contribution in [0.5, 0.6) is 0 Å². The molecule has 1 amide bonds. The molecule has 3 heteroatoms. The van der Waals surface area contributed by atoms with Crippen LogP contribution in [0.25, 0.3) is 0 Å². The van der Waals surface area contributed by atoms with E-state index >= 15 is 0 Å². The molecule has 0 aromatic heterocycles. The van der Waals surface area contributed by atoms with Crippen molar-refractivity contribution in [3.8, 4) is 0 Å². The Kier molecular flexibility index (Phi) is 4.37. The molecule has 0 radical (unpaired) electrons. The molecule has 1 saturated carbocycles. The van der Waals surface area contributed by atoms with E-state index < -0.39 is 0 Å². The van der Waals surface area contributed by atoms with Crippen LogP contribution in [0, 0.1) is 5.92 Å². The molecule has 1 aromatic rings. The monoisotopic (exact) mass is 247 g/mol. The maximum absolute atomic E-state index is 12.5. The van der Waals surface area contributed by atoms with Crippen LogP contribution in [0.2, 0.25) is 0 Å². The van der Waals surface area contributed by atoms with Gasteiger partial charge in [-0.15, -0.1) is 0 Å². The van der Waals surface area contributed by atoms with Crippen LogP contribution in [0.4, 0.5) is 0 Å². The van der Waals surface area contributed by atoms with Crippen LogP contribution in [0.1, 0.15) is 37.2 Å². The Labute approximate surface area is 109 Å². The van der Waals surface area contributed by atoms with Gasteiger partial charge in [0.2, 0.25) is 0 Å². The Balaban J connectivity index is 2.25. The lowest BCUT2D eigenvalue weighted by Gasteiger charge is -2.26. The topological polar surface area (TPSA) is 29.5 Å². The Morgan fingerprint density at radius 2 is 1.89 bits per heavy atom. The smallest absolute Gasteiger partial charge is 0.253 e. The second kappa shape index (κ2) is 6.01. The highest BCUT2D eigenvalue weighted by Crippen LogP contribution is 2.38. The lowest BCUT2D eigenvalue weighted by molar-refractivity contribution is -0.171. The highest BCUT2D eigenvalue weighted by molar-refractivity contribution is 5.83. The van der Waals surface area contributed by atoms with Crippen molar-refractivity contribution in [1.82, 2.24) is 5.06 Å². The predicted molar refractivity (Wildman–Crippen MR) is 70.9 cm³/mol. The van der Waals surface area contributed by atoms with Gasteiger partial charge in [0, 0.05) is 7.05 Å². The van der Waals surface area contributed by atoms with Crippen molar-refractivity contribution < 1.29 is 9.63 Å². The van der Waals surface area contributed by atoms with Gasteiger partial charge >= 0.3 is 0 Å². The molecule has 1 atom stereocenters. The maximum atomic E-state index is 12.5. The Morgan fingerprint density at radius 1 is 1.28 bits per heavy atom. The number of hydrogen-bond donors (Lipinski definition) is 0. The van der Waals surface area contributed by atoms with E-state index in [2.05, 4.69) is 0 Å². The summed E-state index contributed by atoms with van der Waals surface area (Å²) >= 11 is 0. The first-order valence-corrected chi connectivity index (χ1v) is 6.60. The summed E-state index contributed by atoms with van der Waals surface area (Å²) < 4.78 is 0. The average molecular weight is 247 g/mol. The van der Waals surface area contributed by atoms with Crippen molar-refractivity contribution in [1.29, 1.82) is 0 Å². The minimum atomic E-state index is -0.0568. The van der Waals surface area contributed by atoms with E-state index in [1.165, 1.54) is 25.0 Å². The molecule has 1 fully saturated rings. The van der Waals surface area contributed by atoms with Gasteiger partial charge in [-0.05, 0) is 24.3 Å². The maximum Gasteiger partial charge on any atom is 0.253 e. The lowest BCUT2D eigenvalue weighted by atomic mass is 9.84. The lowest BCUT2D eigenvalue weighted by Crippen LogP contribution is -2.34. The van der Waals surface area contributed by atoms with E-state index in [1.54, 1.807) is 7.05 Å². The number of rotatable bonds is 4. The van der Waals surface area contributed by atoms with Crippen LogP contribution >= 0.6 is 0 Å². The van der Waals surface area contributed by atoms with E-state index in [0.29, 0.717) is 5.92 Å². The van der Waals surface area contributed by atoms with Gasteiger partial charge in [-0.2, -0.15) is 0 Å². The normalized spacial score (nSPS) is 17.7. The average Bonchev–Trinajstić information content (AvgIpc) is 2.93. The van der Waals surface area contributed by atoms with E-state index in [1.807, 2.05) is 30.3 Å². The molecule has 0 saturated heterocycles. The van der Waals surface area contributed by atoms with Gasteiger partial charge in [0.25, 0.3) is 5.91 Å². The molecule has 2 rings (SSSR count). The zero-order valence-corrected chi connectivity index (χ0v) is 11.1. The largest absolute Gasteiger partial charge is 0.275 e. The molecular formula is C15H21NO2. The second-order valence-electron chi connectivity index (χ2n) is 4.95. The number of hydrogen-bond acceptors (Lipinski definition) is 2. The summed E-state index contributed by atoms with van der Waals surface area (Å²) in [6.45, 7) is 0. The third-order valence-electron chi connectivity index (χ3n) is 3.88. The van der Waals surface area contributed by atoms with Gasteiger partial charge in [-0.1, -0.05) is 43.2 Å². The predicted octanol–water partition coefficient (Wildman–Crippen LogP) is 2.98. The number of hydroxylamine groups is 2. The number of likely N-dealkylation sites (N-methyl/N-ethyl adjacent to an activating group) is 1. The van der Waals surface area contributed by atoms with Gasteiger partial charge in [0.1, 0.15) is 0 Å². The molecule has 0 bridgehead atoms. The first-order chi connectivity index (χ1) is 8.74. The van der Waals surface area contributed by atoms with E-state index in [0.717, 1.165) is 18.4 Å². The van der Waals surface area contributed by atoms with Crippen molar-refractivity contribution in [2.24, 2.45) is 5.92 Å². The van der Waals surface area contributed by atoms with E-state index in [4.69, 9.17) is 4.84 Å². The van der Waals surface area contributed by atoms with Crippen molar-refractivity contribution in [2.75, 3.05) is 14.2 Å². The van der Waals surface area contributed by atoms with Gasteiger partial charge in [0.05, 0.1) is 13.0 Å². The molecule has 0 heterocycles. The van der Waals surface area contributed by atoms with E-state index in [-0.39, 0.29) is 11.8 Å². The van der Waals surface area contributed by atoms with Gasteiger partial charge in [-0.25, -0.2) is 5.06 Å². The van der Waals surface area contributed by atoms with Gasteiger partial charge in [0.15, 0.2) is 0 Å². The number of amides is 1. The minimum absolute atomic E-state index is 0.0568. The van der Waals surface area contributed by atoms with E-state index in [9.17, 15) is 4.79 Å². The summed E-state index contributed by atoms with van der Waals surface area (Å²) in [7, 11) is 3.22. The highest BCUT2D eigenvalue weighted by Gasteiger charge is 2.33. The second-order valence-corrected chi connectivity index (χ2v) is 4.95. The number of benzene rings is 1. The molecule has 0 spiro atoms. The summed E-state index contributed by atoms with van der Waals surface area (Å²) in [5.41, 5.74) is 1.11. The molecule has 0 aliphatic heterocycles. The van der Waals surface area contributed by atoms with Crippen molar-refractivity contribution in [2.45, 2.75) is 31.6 Å². The fourth-order valence-corrected chi connectivity index (χ4v) is 2.85. The number of carbonyl (C=O) groups is 1. The molecule has 1 unspecified atom stereocenters. The van der Waals surface area contributed by atoms with Crippen molar-refractivity contribution in [3.63, 3.8) is 0 Å². The highest BCUT2D eigenvalue weighted by atomic mass is 16.7. The molecule has 1 aliphatic carbocycles. The SMILES string of the molecule is CON(C)C(=O)C(c1ccccc1)C1CCCC1. The standard InChI is InChI=1S/C15H21NO2/c1-16(18-2)15(17)14(13-10-6-7-11-13)12-8-4-3-5-9-12/h3-5,8-9,13-14H,6-7,10-11H2,1-2H3. The summed E-state index contributed by atoms with van der Waals surface area (Å²) in [5.74, 6) is 0.465. The fraction of sp³-hybridized carbons (Fsp3) is 0.533. The first-order valence-electron chi connectivity index (χ1n) is 6.60. The number of carbonyl (C=O) groups excluding carboxylic acids is 1. The zero-order valence-electron chi connectivity index (χ0n) is 11.1. The van der Waals surface area contributed by atoms with Gasteiger partial charge in [-0.3, -0.25) is 9.63 Å². The van der Waals surface area contributed by atoms with Crippen LogP contribution in [-0.4, -0.2) is 25.1 Å². The summed E-state index contributed by atoms with van der Waals surface area (Å²) in [5, 5.41) is 1.36. The fourth-order valence-electron chi connectivity index (χ4n) is 2.85. The van der Waals surface area contributed by atoms with Crippen LogP contribution < -0.4 is 0 Å². The molecule has 3 nitrogen and oxygen atoms in total. The van der Waals surface area contributed by atoms with Crippen molar-refractivity contribution >= 4 is 5.91 Å². The summed E-state index contributed by atoms with van der Waals surface area (Å²) in [4.78, 5) is 17.5. The molecule has 1 aromatic carbocycles. The zero-order chi connectivity index (χ0) is 13.0. The summed E-state index contributed by atoms with van der Waals surface area (Å²) in [6, 6.07) is 10.1. The molecule has 0 N–H and O–H groups in total. The molecule has 98 valence electrons. The molecule has 18 heavy (non-hydrogen) atoms. The summed E-state index contributed by atoms with van der Waals surface area (Å²) in [6.07, 6.45) is 4.75. The molecular weight excluding hydrogens is 226 g/mol. The minimum Gasteiger partial charge on any atom is -0.275 e.